The molecule has 1 saturated heterocycles. The Kier molecular flexibility index (Phi) is 4.31. The van der Waals surface area contributed by atoms with E-state index in [0.29, 0.717) is 18.4 Å². The number of nitrogens with zero attached hydrogens (tertiary/aromatic N) is 1. The molecule has 2 fully saturated rings. The van der Waals surface area contributed by atoms with Gasteiger partial charge in [0.05, 0.1) is 31.6 Å². The summed E-state index contributed by atoms with van der Waals surface area (Å²) in [5.41, 5.74) is 3.19. The van der Waals surface area contributed by atoms with Crippen molar-refractivity contribution in [2.24, 2.45) is 5.73 Å². The van der Waals surface area contributed by atoms with Gasteiger partial charge < -0.3 is 20.5 Å². The molecule has 0 bridgehead atoms. The Morgan fingerprint density at radius 1 is 1.33 bits per heavy atom. The second-order valence-electron chi connectivity index (χ2n) is 6.71. The van der Waals surface area contributed by atoms with Crippen LogP contribution in [0.3, 0.4) is 0 Å². The Balaban J connectivity index is 1.83. The van der Waals surface area contributed by atoms with Crippen molar-refractivity contribution in [3.05, 3.63) is 35.6 Å². The Morgan fingerprint density at radius 3 is 2.67 bits per heavy atom. The van der Waals surface area contributed by atoms with Gasteiger partial charge in [0.15, 0.2) is 0 Å². The van der Waals surface area contributed by atoms with E-state index in [1.165, 1.54) is 11.0 Å². The topological polar surface area (TPSA) is 92.9 Å². The van der Waals surface area contributed by atoms with Gasteiger partial charge in [-0.05, 0) is 18.9 Å². The van der Waals surface area contributed by atoms with E-state index in [-0.39, 0.29) is 38.6 Å². The summed E-state index contributed by atoms with van der Waals surface area (Å²) < 4.78 is 19.5. The van der Waals surface area contributed by atoms with Crippen LogP contribution in [-0.4, -0.2) is 53.7 Å². The summed E-state index contributed by atoms with van der Waals surface area (Å²) in [4.78, 5) is 25.7. The number of nitrogens with two attached hydrogens (primary N) is 1. The molecule has 0 aromatic heterocycles. The standard InChI is InChI=1S/C17H21FN2O4/c18-13-4-2-1-3-12(13)17(5-6-17)15(22)20-7-8-24-11-16(23,10-20)9-14(19)21/h1-4,23H,5-11H2,(H2,19,21). The highest BCUT2D eigenvalue weighted by molar-refractivity contribution is 5.91. The van der Waals surface area contributed by atoms with Gasteiger partial charge in [-0.25, -0.2) is 4.39 Å². The maximum Gasteiger partial charge on any atom is 0.233 e. The summed E-state index contributed by atoms with van der Waals surface area (Å²) in [6, 6.07) is 6.27. The van der Waals surface area contributed by atoms with E-state index < -0.39 is 22.7 Å². The Bertz CT molecular complexity index is 662. The third-order valence-electron chi connectivity index (χ3n) is 4.70. The minimum Gasteiger partial charge on any atom is -0.385 e. The zero-order chi connectivity index (χ0) is 17.4. The second-order valence-corrected chi connectivity index (χ2v) is 6.71. The highest BCUT2D eigenvalue weighted by Crippen LogP contribution is 2.50. The summed E-state index contributed by atoms with van der Waals surface area (Å²) in [6.07, 6.45) is 0.847. The number of ether oxygens (including phenoxy) is 1. The number of benzene rings is 1. The molecule has 3 rings (SSSR count). The minimum absolute atomic E-state index is 0.0506. The van der Waals surface area contributed by atoms with Gasteiger partial charge in [-0.15, -0.1) is 0 Å². The largest absolute Gasteiger partial charge is 0.385 e. The van der Waals surface area contributed by atoms with Crippen LogP contribution < -0.4 is 5.73 Å². The summed E-state index contributed by atoms with van der Waals surface area (Å²) >= 11 is 0. The van der Waals surface area contributed by atoms with Crippen LogP contribution in [0.1, 0.15) is 24.8 Å². The van der Waals surface area contributed by atoms with Crippen LogP contribution in [0, 0.1) is 5.82 Å². The molecule has 1 aromatic rings. The molecule has 24 heavy (non-hydrogen) atoms. The van der Waals surface area contributed by atoms with Crippen LogP contribution in [0.5, 0.6) is 0 Å². The molecule has 1 unspecified atom stereocenters. The van der Waals surface area contributed by atoms with Crippen molar-refractivity contribution in [1.29, 1.82) is 0 Å². The van der Waals surface area contributed by atoms with Gasteiger partial charge in [0.2, 0.25) is 11.8 Å². The van der Waals surface area contributed by atoms with Crippen LogP contribution in [0.2, 0.25) is 0 Å². The smallest absolute Gasteiger partial charge is 0.233 e. The molecule has 3 N–H and O–H groups in total. The maximum atomic E-state index is 14.2. The molecule has 1 saturated carbocycles. The van der Waals surface area contributed by atoms with Crippen LogP contribution in [-0.2, 0) is 19.7 Å². The molecule has 1 aliphatic carbocycles. The number of halogens is 1. The summed E-state index contributed by atoms with van der Waals surface area (Å²) in [5.74, 6) is -1.30. The predicted octanol–water partition coefficient (Wildman–Crippen LogP) is 0.323. The van der Waals surface area contributed by atoms with E-state index in [4.69, 9.17) is 10.5 Å². The zero-order valence-electron chi connectivity index (χ0n) is 13.3. The van der Waals surface area contributed by atoms with Crippen molar-refractivity contribution in [2.45, 2.75) is 30.3 Å². The molecule has 1 aromatic carbocycles. The van der Waals surface area contributed by atoms with Crippen molar-refractivity contribution < 1.29 is 23.8 Å². The normalized spacial score (nSPS) is 25.8. The Hall–Kier alpha value is -1.99. The minimum atomic E-state index is -1.51. The first-order chi connectivity index (χ1) is 11.4. The quantitative estimate of drug-likeness (QED) is 0.828. The Morgan fingerprint density at radius 2 is 2.04 bits per heavy atom. The van der Waals surface area contributed by atoms with Crippen LogP contribution in [0.4, 0.5) is 4.39 Å². The van der Waals surface area contributed by atoms with Gasteiger partial charge in [0.1, 0.15) is 11.4 Å². The van der Waals surface area contributed by atoms with E-state index in [1.807, 2.05) is 0 Å². The number of amides is 2. The van der Waals surface area contributed by atoms with Gasteiger partial charge >= 0.3 is 0 Å². The van der Waals surface area contributed by atoms with E-state index >= 15 is 0 Å². The molecule has 0 radical (unpaired) electrons. The fourth-order valence-electron chi connectivity index (χ4n) is 3.40. The molecular weight excluding hydrogens is 315 g/mol. The number of rotatable bonds is 4. The molecule has 130 valence electrons. The lowest BCUT2D eigenvalue weighted by atomic mass is 9.92. The van der Waals surface area contributed by atoms with E-state index in [0.717, 1.165) is 0 Å². The van der Waals surface area contributed by atoms with Crippen molar-refractivity contribution in [1.82, 2.24) is 4.90 Å². The van der Waals surface area contributed by atoms with E-state index in [9.17, 15) is 19.1 Å². The summed E-state index contributed by atoms with van der Waals surface area (Å²) in [6.45, 7) is 0.424. The second kappa shape index (κ2) is 6.14. The van der Waals surface area contributed by atoms with Crippen molar-refractivity contribution in [3.63, 3.8) is 0 Å². The first kappa shape index (κ1) is 16.9. The molecule has 1 heterocycles. The first-order valence-electron chi connectivity index (χ1n) is 7.99. The van der Waals surface area contributed by atoms with Gasteiger partial charge in [-0.1, -0.05) is 18.2 Å². The fraction of sp³-hybridized carbons (Fsp3) is 0.529. The molecule has 7 heteroatoms. The number of primary amides is 1. The van der Waals surface area contributed by atoms with Crippen LogP contribution in [0.25, 0.3) is 0 Å². The van der Waals surface area contributed by atoms with Crippen molar-refractivity contribution in [2.75, 3.05) is 26.3 Å². The molecule has 2 amide bonds. The molecule has 1 atom stereocenters. The average Bonchev–Trinajstić information content (AvgIpc) is 3.32. The van der Waals surface area contributed by atoms with Gasteiger partial charge in [-0.3, -0.25) is 9.59 Å². The number of hydrogen-bond donors (Lipinski definition) is 2. The molecule has 0 spiro atoms. The van der Waals surface area contributed by atoms with Gasteiger partial charge in [0.25, 0.3) is 0 Å². The highest BCUT2D eigenvalue weighted by Gasteiger charge is 2.55. The number of aliphatic hydroxyl groups is 1. The lowest BCUT2D eigenvalue weighted by Gasteiger charge is -2.32. The maximum absolute atomic E-state index is 14.2. The predicted molar refractivity (Wildman–Crippen MR) is 83.5 cm³/mol. The number of β-amino-alcohol motifs (C(OH)–C–C–N with tert-alkyl or cyclic N) is 1. The van der Waals surface area contributed by atoms with E-state index in [1.54, 1.807) is 18.2 Å². The van der Waals surface area contributed by atoms with E-state index in [2.05, 4.69) is 0 Å². The lowest BCUT2D eigenvalue weighted by Crippen LogP contribution is -2.51. The summed E-state index contributed by atoms with van der Waals surface area (Å²) in [7, 11) is 0. The highest BCUT2D eigenvalue weighted by atomic mass is 19.1. The van der Waals surface area contributed by atoms with Crippen molar-refractivity contribution >= 4 is 11.8 Å². The summed E-state index contributed by atoms with van der Waals surface area (Å²) in [5, 5.41) is 10.6. The van der Waals surface area contributed by atoms with Crippen LogP contribution in [0.15, 0.2) is 24.3 Å². The monoisotopic (exact) mass is 336 g/mol. The third-order valence-corrected chi connectivity index (χ3v) is 4.70. The lowest BCUT2D eigenvalue weighted by molar-refractivity contribution is -0.139. The van der Waals surface area contributed by atoms with Crippen LogP contribution >= 0.6 is 0 Å². The molecule has 6 nitrogen and oxygen atoms in total. The Labute approximate surface area is 139 Å². The molecular formula is C17H21FN2O4. The SMILES string of the molecule is NC(=O)CC1(O)COCCN(C(=O)C2(c3ccccc3F)CC2)C1. The number of hydrogen-bond acceptors (Lipinski definition) is 4. The average molecular weight is 336 g/mol. The number of carbonyl (C=O) groups is 2. The zero-order valence-corrected chi connectivity index (χ0v) is 13.3. The molecule has 2 aliphatic rings. The third kappa shape index (κ3) is 3.14. The first-order valence-corrected chi connectivity index (χ1v) is 7.99. The van der Waals surface area contributed by atoms with Gasteiger partial charge in [-0.2, -0.15) is 0 Å². The van der Waals surface area contributed by atoms with Gasteiger partial charge in [0, 0.05) is 12.1 Å². The molecule has 1 aliphatic heterocycles. The van der Waals surface area contributed by atoms with Crippen molar-refractivity contribution in [3.8, 4) is 0 Å². The number of carbonyl (C=O) groups excluding carboxylic acids is 2. The fourth-order valence-corrected chi connectivity index (χ4v) is 3.40.